The second kappa shape index (κ2) is 4.93. The number of rotatable bonds is 2. The fraction of sp³-hybridized carbons (Fsp3) is 0.500. The molecule has 20 heavy (non-hydrogen) atoms. The Morgan fingerprint density at radius 2 is 2.05 bits per heavy atom. The monoisotopic (exact) mass is 271 g/mol. The molecule has 2 atom stereocenters. The summed E-state index contributed by atoms with van der Waals surface area (Å²) in [4.78, 5) is 18.4. The lowest BCUT2D eigenvalue weighted by molar-refractivity contribution is 0.100. The standard InChI is InChI=1S/C16H21N3O/c1-10-3-5-12-8-19(9-13(12)7-10)16-14(15(17)20)6-4-11(2)18-16/h3-4,6,12-13H,5,7-9H2,1-2H3,(H2,17,20)/t12-,13+/m1/s1. The van der Waals surface area contributed by atoms with Crippen LogP contribution in [0, 0.1) is 18.8 Å². The molecule has 4 heteroatoms. The number of hydrogen-bond acceptors (Lipinski definition) is 3. The highest BCUT2D eigenvalue weighted by Crippen LogP contribution is 2.37. The quantitative estimate of drug-likeness (QED) is 0.839. The molecule has 0 saturated carbocycles. The van der Waals surface area contributed by atoms with Crippen LogP contribution in [0.3, 0.4) is 0 Å². The number of anilines is 1. The van der Waals surface area contributed by atoms with Crippen molar-refractivity contribution in [2.75, 3.05) is 18.0 Å². The number of aromatic nitrogens is 1. The number of pyridine rings is 1. The van der Waals surface area contributed by atoms with Gasteiger partial charge in [0.2, 0.25) is 0 Å². The first kappa shape index (κ1) is 13.2. The lowest BCUT2D eigenvalue weighted by Crippen LogP contribution is -2.26. The molecule has 0 radical (unpaired) electrons. The maximum atomic E-state index is 11.6. The predicted molar refractivity (Wildman–Crippen MR) is 79.7 cm³/mol. The summed E-state index contributed by atoms with van der Waals surface area (Å²) in [7, 11) is 0. The number of amides is 1. The van der Waals surface area contributed by atoms with Crippen molar-refractivity contribution in [1.82, 2.24) is 4.98 Å². The molecule has 1 aromatic heterocycles. The van der Waals surface area contributed by atoms with Crippen LogP contribution in [0.15, 0.2) is 23.8 Å². The van der Waals surface area contributed by atoms with E-state index in [0.29, 0.717) is 17.4 Å². The normalized spacial score (nSPS) is 25.3. The lowest BCUT2D eigenvalue weighted by Gasteiger charge is -2.21. The molecule has 0 bridgehead atoms. The number of aryl methyl sites for hydroxylation is 1. The van der Waals surface area contributed by atoms with Crippen molar-refractivity contribution in [2.45, 2.75) is 26.7 Å². The fourth-order valence-electron chi connectivity index (χ4n) is 3.44. The van der Waals surface area contributed by atoms with E-state index in [1.807, 2.05) is 13.0 Å². The first-order valence-corrected chi connectivity index (χ1v) is 7.22. The Labute approximate surface area is 119 Å². The number of carbonyl (C=O) groups excluding carboxylic acids is 1. The van der Waals surface area contributed by atoms with Gasteiger partial charge in [-0.25, -0.2) is 4.98 Å². The number of allylic oxidation sites excluding steroid dienone is 2. The molecule has 0 spiro atoms. The topological polar surface area (TPSA) is 59.2 Å². The van der Waals surface area contributed by atoms with Gasteiger partial charge in [-0.15, -0.1) is 0 Å². The minimum Gasteiger partial charge on any atom is -0.365 e. The highest BCUT2D eigenvalue weighted by atomic mass is 16.1. The number of nitrogens with zero attached hydrogens (tertiary/aromatic N) is 2. The summed E-state index contributed by atoms with van der Waals surface area (Å²) in [6, 6.07) is 3.64. The van der Waals surface area contributed by atoms with Crippen LogP contribution >= 0.6 is 0 Å². The Balaban J connectivity index is 1.88. The van der Waals surface area contributed by atoms with Gasteiger partial charge in [0.15, 0.2) is 0 Å². The lowest BCUT2D eigenvalue weighted by atomic mass is 9.83. The molecule has 0 unspecified atom stereocenters. The summed E-state index contributed by atoms with van der Waals surface area (Å²) >= 11 is 0. The summed E-state index contributed by atoms with van der Waals surface area (Å²) in [6.45, 7) is 6.11. The minimum atomic E-state index is -0.392. The van der Waals surface area contributed by atoms with Gasteiger partial charge in [0.1, 0.15) is 5.82 Å². The molecule has 2 heterocycles. The first-order chi connectivity index (χ1) is 9.54. The molecule has 1 aromatic rings. The summed E-state index contributed by atoms with van der Waals surface area (Å²) in [6.07, 6.45) is 4.66. The zero-order valence-corrected chi connectivity index (χ0v) is 12.1. The van der Waals surface area contributed by atoms with Crippen LogP contribution < -0.4 is 10.6 Å². The van der Waals surface area contributed by atoms with Crippen molar-refractivity contribution in [3.8, 4) is 0 Å². The second-order valence-electron chi connectivity index (χ2n) is 6.10. The molecule has 1 saturated heterocycles. The summed E-state index contributed by atoms with van der Waals surface area (Å²) < 4.78 is 0. The maximum Gasteiger partial charge on any atom is 0.252 e. The van der Waals surface area contributed by atoms with Crippen LogP contribution in [0.5, 0.6) is 0 Å². The number of primary amides is 1. The zero-order chi connectivity index (χ0) is 14.3. The van der Waals surface area contributed by atoms with Crippen LogP contribution in [-0.4, -0.2) is 24.0 Å². The van der Waals surface area contributed by atoms with E-state index in [2.05, 4.69) is 22.9 Å². The number of carbonyl (C=O) groups is 1. The van der Waals surface area contributed by atoms with E-state index in [0.717, 1.165) is 31.0 Å². The molecule has 1 fully saturated rings. The number of hydrogen-bond donors (Lipinski definition) is 1. The Morgan fingerprint density at radius 1 is 1.30 bits per heavy atom. The van der Waals surface area contributed by atoms with Gasteiger partial charge < -0.3 is 10.6 Å². The molecule has 3 rings (SSSR count). The van der Waals surface area contributed by atoms with Crippen molar-refractivity contribution >= 4 is 11.7 Å². The van der Waals surface area contributed by atoms with Crippen molar-refractivity contribution < 1.29 is 4.79 Å². The number of fused-ring (bicyclic) bond motifs is 1. The van der Waals surface area contributed by atoms with Gasteiger partial charge in [-0.05, 0) is 50.7 Å². The first-order valence-electron chi connectivity index (χ1n) is 7.22. The molecule has 106 valence electrons. The van der Waals surface area contributed by atoms with Gasteiger partial charge in [-0.1, -0.05) is 11.6 Å². The average molecular weight is 271 g/mol. The van der Waals surface area contributed by atoms with Crippen LogP contribution in [0.1, 0.15) is 35.8 Å². The van der Waals surface area contributed by atoms with E-state index in [1.54, 1.807) is 6.07 Å². The van der Waals surface area contributed by atoms with Gasteiger partial charge >= 0.3 is 0 Å². The fourth-order valence-corrected chi connectivity index (χ4v) is 3.44. The zero-order valence-electron chi connectivity index (χ0n) is 12.1. The van der Waals surface area contributed by atoms with Crippen LogP contribution in [0.4, 0.5) is 5.82 Å². The summed E-state index contributed by atoms with van der Waals surface area (Å²) in [5.41, 5.74) is 8.44. The molecule has 1 aliphatic carbocycles. The average Bonchev–Trinajstić information content (AvgIpc) is 2.81. The molecule has 1 aliphatic heterocycles. The molecular weight excluding hydrogens is 250 g/mol. The molecule has 2 aliphatic rings. The van der Waals surface area contributed by atoms with Crippen molar-refractivity contribution in [3.05, 3.63) is 35.0 Å². The van der Waals surface area contributed by atoms with Crippen molar-refractivity contribution in [1.29, 1.82) is 0 Å². The van der Waals surface area contributed by atoms with Crippen LogP contribution in [0.2, 0.25) is 0 Å². The predicted octanol–water partition coefficient (Wildman–Crippen LogP) is 2.28. The summed E-state index contributed by atoms with van der Waals surface area (Å²) in [5, 5.41) is 0. The molecule has 0 aromatic carbocycles. The third kappa shape index (κ3) is 2.30. The Hall–Kier alpha value is -1.84. The molecular formula is C16H21N3O. The maximum absolute atomic E-state index is 11.6. The van der Waals surface area contributed by atoms with E-state index < -0.39 is 5.91 Å². The van der Waals surface area contributed by atoms with E-state index in [1.165, 1.54) is 12.0 Å². The van der Waals surface area contributed by atoms with E-state index in [4.69, 9.17) is 5.73 Å². The van der Waals surface area contributed by atoms with Gasteiger partial charge in [-0.2, -0.15) is 0 Å². The smallest absolute Gasteiger partial charge is 0.252 e. The highest BCUT2D eigenvalue weighted by Gasteiger charge is 2.35. The van der Waals surface area contributed by atoms with Crippen molar-refractivity contribution in [2.24, 2.45) is 17.6 Å². The van der Waals surface area contributed by atoms with Gasteiger partial charge in [0.25, 0.3) is 5.91 Å². The van der Waals surface area contributed by atoms with Crippen LogP contribution in [0.25, 0.3) is 0 Å². The van der Waals surface area contributed by atoms with E-state index >= 15 is 0 Å². The van der Waals surface area contributed by atoms with Gasteiger partial charge in [-0.3, -0.25) is 4.79 Å². The summed E-state index contributed by atoms with van der Waals surface area (Å²) in [5.74, 6) is 1.74. The SMILES string of the molecule is CC1=CC[C@@H]2CN(c3nc(C)ccc3C(N)=O)C[C@@H]2C1. The van der Waals surface area contributed by atoms with E-state index in [9.17, 15) is 4.79 Å². The molecule has 1 amide bonds. The second-order valence-corrected chi connectivity index (χ2v) is 6.10. The van der Waals surface area contributed by atoms with Gasteiger partial charge in [0.05, 0.1) is 5.56 Å². The van der Waals surface area contributed by atoms with E-state index in [-0.39, 0.29) is 0 Å². The molecule has 2 N–H and O–H groups in total. The Kier molecular flexibility index (Phi) is 3.24. The van der Waals surface area contributed by atoms with Crippen molar-refractivity contribution in [3.63, 3.8) is 0 Å². The third-order valence-electron chi connectivity index (χ3n) is 4.51. The molecule has 4 nitrogen and oxygen atoms in total. The Bertz CT molecular complexity index is 579. The number of nitrogens with two attached hydrogens (primary N) is 1. The van der Waals surface area contributed by atoms with Gasteiger partial charge in [0, 0.05) is 18.8 Å². The largest absolute Gasteiger partial charge is 0.365 e. The minimum absolute atomic E-state index is 0.392. The highest BCUT2D eigenvalue weighted by molar-refractivity contribution is 5.97. The Morgan fingerprint density at radius 3 is 2.80 bits per heavy atom. The third-order valence-corrected chi connectivity index (χ3v) is 4.51. The van der Waals surface area contributed by atoms with Crippen LogP contribution in [-0.2, 0) is 0 Å².